The van der Waals surface area contributed by atoms with Crippen molar-refractivity contribution in [1.82, 2.24) is 4.47 Å². The van der Waals surface area contributed by atoms with Gasteiger partial charge in [0.1, 0.15) is 0 Å². The van der Waals surface area contributed by atoms with Crippen LogP contribution in [0.25, 0.3) is 0 Å². The summed E-state index contributed by atoms with van der Waals surface area (Å²) in [5.41, 5.74) is -0.0437. The Morgan fingerprint density at radius 1 is 1.35 bits per heavy atom. The maximum Gasteiger partial charge on any atom is 0.267 e. The van der Waals surface area contributed by atoms with Gasteiger partial charge < -0.3 is 0 Å². The first kappa shape index (κ1) is 15.0. The van der Waals surface area contributed by atoms with E-state index in [4.69, 9.17) is 11.3 Å². The van der Waals surface area contributed by atoms with Gasteiger partial charge in [0.25, 0.3) is 10.0 Å². The minimum absolute atomic E-state index is 0.0437. The molecule has 4 nitrogen and oxygen atoms in total. The molecule has 2 rings (SSSR count). The molecule has 1 fully saturated rings. The van der Waals surface area contributed by atoms with E-state index in [1.807, 2.05) is 0 Å². The Labute approximate surface area is 120 Å². The van der Waals surface area contributed by atoms with E-state index in [1.165, 1.54) is 0 Å². The number of nitrogens with zero attached hydrogens (tertiary/aromatic N) is 1. The monoisotopic (exact) mass is 293 g/mol. The highest BCUT2D eigenvalue weighted by Crippen LogP contribution is 2.39. The van der Waals surface area contributed by atoms with Crippen molar-refractivity contribution in [1.29, 1.82) is 0 Å². The summed E-state index contributed by atoms with van der Waals surface area (Å²) in [5.74, 6) is 2.61. The quantitative estimate of drug-likeness (QED) is 0.598. The Bertz CT molecular complexity index is 602. The Balaban J connectivity index is 2.00. The summed E-state index contributed by atoms with van der Waals surface area (Å²) in [6, 6.07) is 8.31. The zero-order valence-corrected chi connectivity index (χ0v) is 12.6. The predicted octanol–water partition coefficient (Wildman–Crippen LogP) is 2.78. The molecule has 0 amide bonds. The van der Waals surface area contributed by atoms with Crippen LogP contribution in [0.3, 0.4) is 0 Å². The summed E-state index contributed by atoms with van der Waals surface area (Å²) in [5, 5.41) is 0. The van der Waals surface area contributed by atoms with Crippen molar-refractivity contribution in [2.75, 3.05) is 0 Å². The van der Waals surface area contributed by atoms with E-state index in [0.29, 0.717) is 12.8 Å². The third-order valence-electron chi connectivity index (χ3n) is 3.37. The Morgan fingerprint density at radius 2 is 2.00 bits per heavy atom. The van der Waals surface area contributed by atoms with Crippen molar-refractivity contribution in [3.63, 3.8) is 0 Å². The second-order valence-electron chi connectivity index (χ2n) is 5.71. The van der Waals surface area contributed by atoms with Crippen LogP contribution in [0.15, 0.2) is 35.2 Å². The van der Waals surface area contributed by atoms with E-state index in [9.17, 15) is 8.42 Å². The smallest absolute Gasteiger partial charge is 0.259 e. The van der Waals surface area contributed by atoms with Crippen LogP contribution in [0.2, 0.25) is 0 Å². The molecular weight excluding hydrogens is 274 g/mol. The van der Waals surface area contributed by atoms with Gasteiger partial charge in [0.2, 0.25) is 0 Å². The molecule has 20 heavy (non-hydrogen) atoms. The number of hydrogen-bond donors (Lipinski definition) is 0. The lowest BCUT2D eigenvalue weighted by atomic mass is 9.84. The number of benzene rings is 1. The normalized spacial score (nSPS) is 22.2. The molecule has 2 atom stereocenters. The van der Waals surface area contributed by atoms with Crippen LogP contribution in [0.4, 0.5) is 0 Å². The number of sulfonamides is 1. The molecule has 1 saturated heterocycles. The van der Waals surface area contributed by atoms with Crippen LogP contribution in [-0.2, 0) is 14.9 Å². The van der Waals surface area contributed by atoms with Crippen molar-refractivity contribution in [3.05, 3.63) is 30.3 Å². The number of hydrogen-bond acceptors (Lipinski definition) is 3. The van der Waals surface area contributed by atoms with E-state index in [2.05, 4.69) is 19.8 Å². The van der Waals surface area contributed by atoms with Gasteiger partial charge in [-0.05, 0) is 34.9 Å². The SMILES string of the molecule is C#CCCC(C)(C)CC1ON1S(=O)(=O)c1ccccc1. The van der Waals surface area contributed by atoms with Crippen LogP contribution in [0.1, 0.15) is 33.1 Å². The van der Waals surface area contributed by atoms with Crippen LogP contribution < -0.4 is 0 Å². The largest absolute Gasteiger partial charge is 0.267 e. The van der Waals surface area contributed by atoms with Gasteiger partial charge in [-0.3, -0.25) is 4.84 Å². The second kappa shape index (κ2) is 5.57. The van der Waals surface area contributed by atoms with E-state index in [0.717, 1.165) is 10.9 Å². The molecule has 0 aliphatic carbocycles. The molecule has 0 spiro atoms. The third kappa shape index (κ3) is 3.40. The summed E-state index contributed by atoms with van der Waals surface area (Å²) >= 11 is 0. The zero-order chi connectivity index (χ0) is 14.8. The van der Waals surface area contributed by atoms with E-state index in [1.54, 1.807) is 30.3 Å². The molecule has 0 saturated carbocycles. The Kier molecular flexibility index (Phi) is 4.19. The highest BCUT2D eigenvalue weighted by Gasteiger charge is 2.49. The fourth-order valence-electron chi connectivity index (χ4n) is 2.10. The molecule has 0 bridgehead atoms. The van der Waals surface area contributed by atoms with Crippen LogP contribution in [0, 0.1) is 17.8 Å². The number of rotatable bonds is 6. The number of hydroxylamine groups is 1. The van der Waals surface area contributed by atoms with Gasteiger partial charge in [0.15, 0.2) is 6.23 Å². The summed E-state index contributed by atoms with van der Waals surface area (Å²) < 4.78 is 25.6. The van der Waals surface area contributed by atoms with E-state index in [-0.39, 0.29) is 16.5 Å². The molecule has 2 unspecified atom stereocenters. The lowest BCUT2D eigenvalue weighted by Crippen LogP contribution is -2.20. The third-order valence-corrected chi connectivity index (χ3v) is 5.03. The molecule has 0 N–H and O–H groups in total. The molecule has 1 aromatic carbocycles. The first-order valence-electron chi connectivity index (χ1n) is 6.56. The standard InChI is InChI=1S/C15H19NO3S/c1-4-5-11-15(2,3)12-14-16(19-14)20(17,18)13-9-7-6-8-10-13/h1,6-10,14H,5,11-12H2,2-3H3. The van der Waals surface area contributed by atoms with Crippen molar-refractivity contribution in [2.24, 2.45) is 5.41 Å². The Hall–Kier alpha value is -1.35. The first-order valence-corrected chi connectivity index (χ1v) is 8.00. The maximum absolute atomic E-state index is 12.3. The lowest BCUT2D eigenvalue weighted by molar-refractivity contribution is 0.245. The average Bonchev–Trinajstić information content (AvgIpc) is 3.17. The lowest BCUT2D eigenvalue weighted by Gasteiger charge is -2.21. The van der Waals surface area contributed by atoms with Gasteiger partial charge in [-0.15, -0.1) is 12.3 Å². The summed E-state index contributed by atoms with van der Waals surface area (Å²) in [6.45, 7) is 4.14. The minimum Gasteiger partial charge on any atom is -0.259 e. The van der Waals surface area contributed by atoms with Gasteiger partial charge in [0.05, 0.1) is 4.90 Å². The van der Waals surface area contributed by atoms with Crippen LogP contribution in [0.5, 0.6) is 0 Å². The van der Waals surface area contributed by atoms with Gasteiger partial charge in [-0.25, -0.2) is 8.42 Å². The van der Waals surface area contributed by atoms with Gasteiger partial charge in [0, 0.05) is 6.42 Å². The molecule has 1 aliphatic heterocycles. The highest BCUT2D eigenvalue weighted by molar-refractivity contribution is 7.89. The number of terminal acetylenes is 1. The van der Waals surface area contributed by atoms with Gasteiger partial charge in [-0.2, -0.15) is 0 Å². The topological polar surface area (TPSA) is 49.7 Å². The van der Waals surface area contributed by atoms with Gasteiger partial charge in [-0.1, -0.05) is 32.0 Å². The summed E-state index contributed by atoms with van der Waals surface area (Å²) in [6.07, 6.45) is 7.06. The molecule has 0 aromatic heterocycles. The fourth-order valence-corrected chi connectivity index (χ4v) is 3.40. The summed E-state index contributed by atoms with van der Waals surface area (Å²) in [7, 11) is -3.54. The average molecular weight is 293 g/mol. The molecule has 0 radical (unpaired) electrons. The minimum atomic E-state index is -3.54. The van der Waals surface area contributed by atoms with Crippen molar-refractivity contribution in [3.8, 4) is 12.3 Å². The molecule has 5 heteroatoms. The first-order chi connectivity index (χ1) is 9.37. The molecule has 1 aliphatic rings. The predicted molar refractivity (Wildman–Crippen MR) is 76.8 cm³/mol. The molecule has 1 heterocycles. The molecular formula is C15H19NO3S. The van der Waals surface area contributed by atoms with Crippen LogP contribution in [-0.4, -0.2) is 19.1 Å². The van der Waals surface area contributed by atoms with Crippen LogP contribution >= 0.6 is 0 Å². The van der Waals surface area contributed by atoms with Crippen molar-refractivity contribution >= 4 is 10.0 Å². The van der Waals surface area contributed by atoms with E-state index >= 15 is 0 Å². The molecule has 1 aromatic rings. The van der Waals surface area contributed by atoms with Gasteiger partial charge >= 0.3 is 0 Å². The maximum atomic E-state index is 12.3. The Morgan fingerprint density at radius 3 is 2.60 bits per heavy atom. The fraction of sp³-hybridized carbons (Fsp3) is 0.467. The van der Waals surface area contributed by atoms with E-state index < -0.39 is 10.0 Å². The highest BCUT2D eigenvalue weighted by atomic mass is 32.2. The zero-order valence-electron chi connectivity index (χ0n) is 11.7. The van der Waals surface area contributed by atoms with Crippen molar-refractivity contribution in [2.45, 2.75) is 44.2 Å². The summed E-state index contributed by atoms with van der Waals surface area (Å²) in [4.78, 5) is 5.50. The van der Waals surface area contributed by atoms with Crippen molar-refractivity contribution < 1.29 is 13.3 Å². The molecule has 108 valence electrons. The second-order valence-corrected chi connectivity index (χ2v) is 7.49.